The van der Waals surface area contributed by atoms with Gasteiger partial charge in [-0.2, -0.15) is 10.5 Å². The van der Waals surface area contributed by atoms with Gasteiger partial charge in [-0.1, -0.05) is 0 Å². The summed E-state index contributed by atoms with van der Waals surface area (Å²) in [6.45, 7) is 13.1. The van der Waals surface area contributed by atoms with Crippen molar-refractivity contribution in [3.8, 4) is 12.1 Å². The van der Waals surface area contributed by atoms with E-state index in [-0.39, 0.29) is 24.3 Å². The van der Waals surface area contributed by atoms with Crippen molar-refractivity contribution in [2.45, 2.75) is 90.5 Å². The summed E-state index contributed by atoms with van der Waals surface area (Å²) in [5.41, 5.74) is -1.09. The van der Waals surface area contributed by atoms with E-state index in [0.717, 1.165) is 0 Å². The van der Waals surface area contributed by atoms with Crippen LogP contribution in [0.2, 0.25) is 0 Å². The number of carbonyl (C=O) groups excluding carboxylic acids is 2. The molecule has 2 fully saturated rings. The molecule has 0 aromatic heterocycles. The fourth-order valence-corrected chi connectivity index (χ4v) is 3.79. The van der Waals surface area contributed by atoms with Gasteiger partial charge in [-0.3, -0.25) is 4.99 Å². The maximum absolute atomic E-state index is 12.3. The van der Waals surface area contributed by atoms with Gasteiger partial charge in [-0.15, -0.1) is 0 Å². The molecule has 0 unspecified atom stereocenters. The summed E-state index contributed by atoms with van der Waals surface area (Å²) in [4.78, 5) is 32.7. The Hall–Kier alpha value is -3.01. The Balaban J connectivity index is 1.96. The first kappa shape index (κ1) is 27.2. The Kier molecular flexibility index (Phi) is 9.14. The highest BCUT2D eigenvalue weighted by Gasteiger charge is 2.30. The lowest BCUT2D eigenvalue weighted by atomic mass is 10.0. The van der Waals surface area contributed by atoms with Gasteiger partial charge in [0.05, 0.1) is 18.2 Å². The third-order valence-corrected chi connectivity index (χ3v) is 5.47. The lowest BCUT2D eigenvalue weighted by Gasteiger charge is -2.35. The second-order valence-corrected chi connectivity index (χ2v) is 10.8. The largest absolute Gasteiger partial charge is 0.444 e. The molecule has 34 heavy (non-hydrogen) atoms. The second kappa shape index (κ2) is 11.4. The number of nitrogens with one attached hydrogen (secondary N) is 1. The minimum absolute atomic E-state index is 0.00323. The number of hydrogen-bond acceptors (Lipinski definition) is 7. The monoisotopic (exact) mass is 474 g/mol. The summed E-state index contributed by atoms with van der Waals surface area (Å²) in [5.74, 6) is -0.621. The number of amides is 2. The smallest absolute Gasteiger partial charge is 0.410 e. The van der Waals surface area contributed by atoms with E-state index in [1.54, 1.807) is 9.80 Å². The molecule has 2 aliphatic rings. The molecule has 1 N–H and O–H groups in total. The number of ether oxygens (including phenoxy) is 2. The Morgan fingerprint density at radius 3 is 1.65 bits per heavy atom. The predicted octanol–water partition coefficient (Wildman–Crippen LogP) is 3.44. The van der Waals surface area contributed by atoms with Crippen molar-refractivity contribution in [1.29, 1.82) is 10.5 Å². The minimum Gasteiger partial charge on any atom is -0.444 e. The average Bonchev–Trinajstić information content (AvgIpc) is 2.73. The Morgan fingerprint density at radius 2 is 1.26 bits per heavy atom. The van der Waals surface area contributed by atoms with E-state index < -0.39 is 17.1 Å². The van der Waals surface area contributed by atoms with Gasteiger partial charge in [-0.05, 0) is 67.2 Å². The molecule has 0 aliphatic carbocycles. The first-order valence-corrected chi connectivity index (χ1v) is 11.9. The lowest BCUT2D eigenvalue weighted by Crippen LogP contribution is -2.49. The maximum Gasteiger partial charge on any atom is 0.410 e. The number of rotatable bonds is 3. The van der Waals surface area contributed by atoms with Crippen LogP contribution in [0.15, 0.2) is 4.99 Å². The molecule has 188 valence electrons. The molecule has 2 aliphatic heterocycles. The van der Waals surface area contributed by atoms with Crippen LogP contribution in [0.4, 0.5) is 9.59 Å². The van der Waals surface area contributed by atoms with Crippen LogP contribution in [0, 0.1) is 28.6 Å². The lowest BCUT2D eigenvalue weighted by molar-refractivity contribution is 0.0196. The molecule has 2 saturated heterocycles. The van der Waals surface area contributed by atoms with Crippen LogP contribution in [0.25, 0.3) is 0 Å². The normalized spacial score (nSPS) is 18.8. The molecule has 0 atom stereocenters. The molecule has 0 saturated carbocycles. The molecular weight excluding hydrogens is 436 g/mol. The van der Waals surface area contributed by atoms with Crippen LogP contribution in [0.3, 0.4) is 0 Å². The molecule has 2 amide bonds. The van der Waals surface area contributed by atoms with Gasteiger partial charge in [0.1, 0.15) is 17.0 Å². The number of amidine groups is 1. The van der Waals surface area contributed by atoms with Gasteiger partial charge in [0.15, 0.2) is 5.92 Å². The van der Waals surface area contributed by atoms with E-state index in [9.17, 15) is 20.1 Å². The summed E-state index contributed by atoms with van der Waals surface area (Å²) < 4.78 is 10.9. The Labute approximate surface area is 202 Å². The van der Waals surface area contributed by atoms with Crippen molar-refractivity contribution in [2.75, 3.05) is 26.2 Å². The van der Waals surface area contributed by atoms with E-state index in [4.69, 9.17) is 14.5 Å². The number of aliphatic imine (C=N–C) groups is 1. The fourth-order valence-electron chi connectivity index (χ4n) is 3.79. The minimum atomic E-state index is -0.993. The van der Waals surface area contributed by atoms with Crippen molar-refractivity contribution in [3.05, 3.63) is 0 Å². The zero-order chi connectivity index (χ0) is 25.5. The van der Waals surface area contributed by atoms with Crippen molar-refractivity contribution in [2.24, 2.45) is 10.9 Å². The second-order valence-electron chi connectivity index (χ2n) is 10.8. The molecular formula is C24H38N6O4. The summed E-state index contributed by atoms with van der Waals surface area (Å²) in [5, 5.41) is 22.2. The third-order valence-electron chi connectivity index (χ3n) is 5.47. The van der Waals surface area contributed by atoms with Crippen molar-refractivity contribution >= 4 is 18.0 Å². The summed E-state index contributed by atoms with van der Waals surface area (Å²) >= 11 is 0. The van der Waals surface area contributed by atoms with Crippen molar-refractivity contribution in [3.63, 3.8) is 0 Å². The maximum atomic E-state index is 12.3. The molecule has 0 bridgehead atoms. The highest BCUT2D eigenvalue weighted by atomic mass is 16.6. The highest BCUT2D eigenvalue weighted by Crippen LogP contribution is 2.20. The van der Waals surface area contributed by atoms with E-state index in [2.05, 4.69) is 5.32 Å². The number of piperidine rings is 2. The number of hydrogen-bond donors (Lipinski definition) is 1. The van der Waals surface area contributed by atoms with Crippen LogP contribution < -0.4 is 5.32 Å². The van der Waals surface area contributed by atoms with E-state index in [1.165, 1.54) is 0 Å². The summed E-state index contributed by atoms with van der Waals surface area (Å²) in [6, 6.07) is 3.94. The molecule has 0 radical (unpaired) electrons. The quantitative estimate of drug-likeness (QED) is 0.489. The predicted molar refractivity (Wildman–Crippen MR) is 127 cm³/mol. The number of nitriles is 2. The number of likely N-dealkylation sites (tertiary alicyclic amines) is 2. The summed E-state index contributed by atoms with van der Waals surface area (Å²) in [6.07, 6.45) is 1.93. The van der Waals surface area contributed by atoms with Crippen LogP contribution in [0.1, 0.15) is 67.2 Å². The van der Waals surface area contributed by atoms with Crippen molar-refractivity contribution < 1.29 is 19.1 Å². The van der Waals surface area contributed by atoms with Crippen LogP contribution in [-0.2, 0) is 9.47 Å². The Bertz CT molecular complexity index is 815. The summed E-state index contributed by atoms with van der Waals surface area (Å²) in [7, 11) is 0. The van der Waals surface area contributed by atoms with Crippen molar-refractivity contribution in [1.82, 2.24) is 15.1 Å². The standard InChI is InChI=1S/C24H38N6O4/c1-23(2,3)33-21(31)29-11-7-18(8-12-29)27-20(17(15-25)16-26)28-19-9-13-30(14-10-19)22(32)34-24(4,5)6/h17-19H,7-14H2,1-6H3,(H,27,28). The molecule has 2 rings (SSSR count). The molecule has 0 spiro atoms. The fraction of sp³-hybridized carbons (Fsp3) is 0.792. The zero-order valence-corrected chi connectivity index (χ0v) is 21.3. The first-order chi connectivity index (χ1) is 15.8. The van der Waals surface area contributed by atoms with Gasteiger partial charge in [0.25, 0.3) is 0 Å². The molecule has 10 nitrogen and oxygen atoms in total. The van der Waals surface area contributed by atoms with Gasteiger partial charge in [0, 0.05) is 32.2 Å². The van der Waals surface area contributed by atoms with E-state index in [0.29, 0.717) is 57.7 Å². The van der Waals surface area contributed by atoms with Gasteiger partial charge in [0.2, 0.25) is 0 Å². The van der Waals surface area contributed by atoms with Gasteiger partial charge >= 0.3 is 12.2 Å². The van der Waals surface area contributed by atoms with E-state index in [1.807, 2.05) is 53.7 Å². The molecule has 2 heterocycles. The van der Waals surface area contributed by atoms with Crippen LogP contribution in [-0.4, -0.2) is 77.3 Å². The third kappa shape index (κ3) is 8.74. The average molecular weight is 475 g/mol. The Morgan fingerprint density at radius 1 is 0.853 bits per heavy atom. The van der Waals surface area contributed by atoms with Gasteiger partial charge in [-0.25, -0.2) is 9.59 Å². The van der Waals surface area contributed by atoms with Crippen LogP contribution in [0.5, 0.6) is 0 Å². The number of nitrogens with zero attached hydrogens (tertiary/aromatic N) is 5. The molecule has 0 aromatic carbocycles. The van der Waals surface area contributed by atoms with Gasteiger partial charge < -0.3 is 24.6 Å². The molecule has 0 aromatic rings. The molecule has 10 heteroatoms. The number of carbonyl (C=O) groups is 2. The van der Waals surface area contributed by atoms with Crippen LogP contribution >= 0.6 is 0 Å². The topological polar surface area (TPSA) is 131 Å². The SMILES string of the molecule is CC(C)(C)OC(=O)N1CCC(N=C(NC2CCN(C(=O)OC(C)(C)C)CC2)C(C#N)C#N)CC1. The first-order valence-electron chi connectivity index (χ1n) is 11.9. The zero-order valence-electron chi connectivity index (χ0n) is 21.3. The highest BCUT2D eigenvalue weighted by molar-refractivity contribution is 5.89. The van der Waals surface area contributed by atoms with E-state index >= 15 is 0 Å².